The van der Waals surface area contributed by atoms with E-state index in [-0.39, 0.29) is 5.91 Å². The number of benzene rings is 2. The van der Waals surface area contributed by atoms with E-state index in [4.69, 9.17) is 4.74 Å². The summed E-state index contributed by atoms with van der Waals surface area (Å²) in [6.07, 6.45) is 0.603. The molecule has 0 fully saturated rings. The summed E-state index contributed by atoms with van der Waals surface area (Å²) < 4.78 is 5.37. The maximum absolute atomic E-state index is 12.2. The second-order valence-electron chi connectivity index (χ2n) is 5.91. The fourth-order valence-electron chi connectivity index (χ4n) is 2.79. The van der Waals surface area contributed by atoms with Crippen LogP contribution in [-0.4, -0.2) is 30.1 Å². The van der Waals surface area contributed by atoms with Gasteiger partial charge in [-0.05, 0) is 17.2 Å². The van der Waals surface area contributed by atoms with Crippen LogP contribution in [0.2, 0.25) is 0 Å². The van der Waals surface area contributed by atoms with Crippen molar-refractivity contribution in [2.24, 2.45) is 0 Å². The van der Waals surface area contributed by atoms with Gasteiger partial charge in [0.05, 0.1) is 0 Å². The minimum Gasteiger partial charge on any atom is -0.436 e. The highest BCUT2D eigenvalue weighted by Gasteiger charge is 2.23. The van der Waals surface area contributed by atoms with E-state index in [1.165, 1.54) is 7.05 Å². The van der Waals surface area contributed by atoms with Crippen LogP contribution in [0.4, 0.5) is 4.79 Å². The number of carbonyl (C=O) groups is 2. The second-order valence-corrected chi connectivity index (χ2v) is 5.91. The van der Waals surface area contributed by atoms with Crippen LogP contribution in [-0.2, 0) is 22.5 Å². The van der Waals surface area contributed by atoms with E-state index in [0.29, 0.717) is 13.0 Å². The first-order valence-electron chi connectivity index (χ1n) is 8.42. The lowest BCUT2D eigenvalue weighted by atomic mass is 10.1. The molecule has 6 nitrogen and oxygen atoms in total. The smallest absolute Gasteiger partial charge is 0.408 e. The highest BCUT2D eigenvalue weighted by atomic mass is 16.6. The number of aromatic nitrogens is 1. The van der Waals surface area contributed by atoms with Crippen LogP contribution in [0, 0.1) is 0 Å². The Balaban J connectivity index is 1.66. The second kappa shape index (κ2) is 8.20. The molecule has 0 radical (unpaired) electrons. The third kappa shape index (κ3) is 4.22. The normalized spacial score (nSPS) is 11.7. The van der Waals surface area contributed by atoms with Crippen molar-refractivity contribution in [1.82, 2.24) is 15.6 Å². The van der Waals surface area contributed by atoms with Gasteiger partial charge in [0.1, 0.15) is 0 Å². The van der Waals surface area contributed by atoms with Gasteiger partial charge in [-0.15, -0.1) is 0 Å². The van der Waals surface area contributed by atoms with Crippen molar-refractivity contribution >= 4 is 22.9 Å². The number of amides is 2. The Labute approximate surface area is 151 Å². The Morgan fingerprint density at radius 2 is 1.81 bits per heavy atom. The molecule has 6 heteroatoms. The van der Waals surface area contributed by atoms with Gasteiger partial charge in [-0.2, -0.15) is 0 Å². The summed E-state index contributed by atoms with van der Waals surface area (Å²) in [5.74, 6) is -0.342. The Bertz CT molecular complexity index is 889. The number of likely N-dealkylation sites (N-methyl/N-ethyl adjacent to an activating group) is 1. The fourth-order valence-corrected chi connectivity index (χ4v) is 2.79. The van der Waals surface area contributed by atoms with Crippen LogP contribution in [0.25, 0.3) is 10.9 Å². The van der Waals surface area contributed by atoms with Gasteiger partial charge in [-0.3, -0.25) is 4.79 Å². The number of hydrogen-bond donors (Lipinski definition) is 3. The molecule has 1 heterocycles. The average molecular weight is 351 g/mol. The van der Waals surface area contributed by atoms with Crippen molar-refractivity contribution in [3.05, 3.63) is 71.9 Å². The Morgan fingerprint density at radius 1 is 1.08 bits per heavy atom. The van der Waals surface area contributed by atoms with Crippen molar-refractivity contribution in [1.29, 1.82) is 0 Å². The predicted molar refractivity (Wildman–Crippen MR) is 99.6 cm³/mol. The lowest BCUT2D eigenvalue weighted by Gasteiger charge is -2.16. The molecule has 0 aliphatic rings. The Hall–Kier alpha value is -3.28. The number of ether oxygens (including phenoxy) is 1. The average Bonchev–Trinajstić information content (AvgIpc) is 3.09. The largest absolute Gasteiger partial charge is 0.436 e. The molecule has 0 saturated carbocycles. The molecule has 3 N–H and O–H groups in total. The predicted octanol–water partition coefficient (Wildman–Crippen LogP) is 2.75. The van der Waals surface area contributed by atoms with Gasteiger partial charge in [0.15, 0.2) is 6.10 Å². The first-order chi connectivity index (χ1) is 12.7. The van der Waals surface area contributed by atoms with E-state index in [2.05, 4.69) is 15.6 Å². The fraction of sp³-hybridized carbons (Fsp3) is 0.200. The highest BCUT2D eigenvalue weighted by molar-refractivity contribution is 5.86. The molecule has 3 aromatic rings. The zero-order valence-electron chi connectivity index (χ0n) is 14.5. The number of hydrogen-bond acceptors (Lipinski definition) is 3. The lowest BCUT2D eigenvalue weighted by molar-refractivity contribution is -0.128. The van der Waals surface area contributed by atoms with Crippen LogP contribution in [0.1, 0.15) is 11.1 Å². The Morgan fingerprint density at radius 3 is 2.58 bits per heavy atom. The molecule has 0 aliphatic carbocycles. The molecular weight excluding hydrogens is 330 g/mol. The van der Waals surface area contributed by atoms with Gasteiger partial charge in [0.25, 0.3) is 5.91 Å². The minimum atomic E-state index is -0.907. The summed E-state index contributed by atoms with van der Waals surface area (Å²) in [7, 11) is 1.52. The van der Waals surface area contributed by atoms with Crippen LogP contribution in [0.15, 0.2) is 60.8 Å². The van der Waals surface area contributed by atoms with Gasteiger partial charge >= 0.3 is 6.09 Å². The molecular formula is C20H21N3O3. The van der Waals surface area contributed by atoms with Crippen molar-refractivity contribution in [3.8, 4) is 0 Å². The topological polar surface area (TPSA) is 83.2 Å². The molecule has 134 valence electrons. The molecule has 2 amide bonds. The third-order valence-electron chi connectivity index (χ3n) is 4.15. The van der Waals surface area contributed by atoms with Crippen LogP contribution in [0.3, 0.4) is 0 Å². The van der Waals surface area contributed by atoms with Gasteiger partial charge in [0.2, 0.25) is 0 Å². The first kappa shape index (κ1) is 17.5. The molecule has 1 aromatic heterocycles. The summed E-state index contributed by atoms with van der Waals surface area (Å²) in [4.78, 5) is 27.4. The number of para-hydroxylation sites is 1. The van der Waals surface area contributed by atoms with Gasteiger partial charge in [-0.1, -0.05) is 48.5 Å². The molecule has 0 spiro atoms. The number of aromatic amines is 1. The zero-order valence-corrected chi connectivity index (χ0v) is 14.5. The van der Waals surface area contributed by atoms with Crippen molar-refractivity contribution < 1.29 is 14.3 Å². The third-order valence-corrected chi connectivity index (χ3v) is 4.15. The highest BCUT2D eigenvalue weighted by Crippen LogP contribution is 2.20. The standard InChI is InChI=1S/C20H21N3O3/c1-21-19(24)18(11-15-13-22-17-10-6-5-9-16(15)17)26-20(25)23-12-14-7-3-2-4-8-14/h2-10,13,18,22H,11-12H2,1H3,(H,21,24)(H,23,25)/t18-/m0/s1. The van der Waals surface area contributed by atoms with Crippen molar-refractivity contribution in [2.45, 2.75) is 19.1 Å². The SMILES string of the molecule is CNC(=O)[C@H](Cc1c[nH]c2ccccc12)OC(=O)NCc1ccccc1. The van der Waals surface area contributed by atoms with Crippen molar-refractivity contribution in [3.63, 3.8) is 0 Å². The number of carbonyl (C=O) groups excluding carboxylic acids is 2. The number of rotatable bonds is 6. The van der Waals surface area contributed by atoms with Crippen molar-refractivity contribution in [2.75, 3.05) is 7.05 Å². The number of alkyl carbamates (subject to hydrolysis) is 1. The monoisotopic (exact) mass is 351 g/mol. The maximum Gasteiger partial charge on any atom is 0.408 e. The van der Waals surface area contributed by atoms with Crippen LogP contribution in [0.5, 0.6) is 0 Å². The molecule has 0 saturated heterocycles. The van der Waals surface area contributed by atoms with E-state index in [9.17, 15) is 9.59 Å². The summed E-state index contributed by atoms with van der Waals surface area (Å²) in [5.41, 5.74) is 2.86. The molecule has 26 heavy (non-hydrogen) atoms. The van der Waals surface area contributed by atoms with E-state index >= 15 is 0 Å². The minimum absolute atomic E-state index is 0.294. The van der Waals surface area contributed by atoms with E-state index in [1.54, 1.807) is 0 Å². The molecule has 0 unspecified atom stereocenters. The van der Waals surface area contributed by atoms with Crippen LogP contribution >= 0.6 is 0 Å². The molecule has 3 rings (SSSR count). The summed E-state index contributed by atoms with van der Waals surface area (Å²) in [6.45, 7) is 0.340. The van der Waals surface area contributed by atoms with Gasteiger partial charge in [-0.25, -0.2) is 4.79 Å². The Kier molecular flexibility index (Phi) is 5.53. The van der Waals surface area contributed by atoms with Crippen LogP contribution < -0.4 is 10.6 Å². The molecule has 2 aromatic carbocycles. The first-order valence-corrected chi connectivity index (χ1v) is 8.42. The quantitative estimate of drug-likeness (QED) is 0.638. The summed E-state index contributed by atoms with van der Waals surface area (Å²) >= 11 is 0. The summed E-state index contributed by atoms with van der Waals surface area (Å²) in [6, 6.07) is 17.3. The van der Waals surface area contributed by atoms with Gasteiger partial charge < -0.3 is 20.4 Å². The number of fused-ring (bicyclic) bond motifs is 1. The lowest BCUT2D eigenvalue weighted by Crippen LogP contribution is -2.39. The maximum atomic E-state index is 12.2. The molecule has 1 atom stereocenters. The number of nitrogens with one attached hydrogen (secondary N) is 3. The molecule has 0 bridgehead atoms. The van der Waals surface area contributed by atoms with E-state index in [0.717, 1.165) is 22.0 Å². The summed E-state index contributed by atoms with van der Waals surface area (Å²) in [5, 5.41) is 6.24. The van der Waals surface area contributed by atoms with E-state index in [1.807, 2.05) is 60.8 Å². The zero-order chi connectivity index (χ0) is 18.4. The van der Waals surface area contributed by atoms with E-state index < -0.39 is 12.2 Å². The van der Waals surface area contributed by atoms with Gasteiger partial charge in [0, 0.05) is 37.1 Å². The molecule has 0 aliphatic heterocycles. The number of H-pyrrole nitrogens is 1.